The van der Waals surface area contributed by atoms with Gasteiger partial charge >= 0.3 is 0 Å². The van der Waals surface area contributed by atoms with E-state index < -0.39 is 22.6 Å². The number of aromatic nitrogens is 1. The van der Waals surface area contributed by atoms with E-state index in [1.165, 1.54) is 46.9 Å². The van der Waals surface area contributed by atoms with Gasteiger partial charge in [0.25, 0.3) is 0 Å². The zero-order chi connectivity index (χ0) is 22.2. The van der Waals surface area contributed by atoms with Gasteiger partial charge in [-0.3, -0.25) is 19.3 Å². The number of hydrogen-bond donors (Lipinski definition) is 1. The smallest absolute Gasteiger partial charge is 0.224 e. The van der Waals surface area contributed by atoms with Crippen LogP contribution < -0.4 is 10.4 Å². The third-order valence-corrected chi connectivity index (χ3v) is 7.88. The van der Waals surface area contributed by atoms with Crippen molar-refractivity contribution in [2.24, 2.45) is 5.41 Å². The van der Waals surface area contributed by atoms with Crippen LogP contribution in [0.2, 0.25) is 0 Å². The van der Waals surface area contributed by atoms with E-state index in [1.807, 2.05) is 11.1 Å². The molecule has 2 aromatic carbocycles. The number of halogens is 2. The second-order valence-corrected chi connectivity index (χ2v) is 9.61. The van der Waals surface area contributed by atoms with E-state index in [-0.39, 0.29) is 23.1 Å². The number of benzene rings is 2. The van der Waals surface area contributed by atoms with Gasteiger partial charge in [0.05, 0.1) is 11.5 Å². The van der Waals surface area contributed by atoms with Crippen LogP contribution in [-0.2, 0) is 5.75 Å². The van der Waals surface area contributed by atoms with Crippen molar-refractivity contribution in [3.05, 3.63) is 92.9 Å². The Bertz CT molecular complexity index is 1370. The summed E-state index contributed by atoms with van der Waals surface area (Å²) in [5, 5.41) is 12.4. The lowest BCUT2D eigenvalue weighted by atomic mass is 9.90. The molecule has 1 fully saturated rings. The second kappa shape index (κ2) is 6.68. The van der Waals surface area contributed by atoms with E-state index in [9.17, 15) is 23.5 Å². The van der Waals surface area contributed by atoms with Gasteiger partial charge in [-0.2, -0.15) is 0 Å². The van der Waals surface area contributed by atoms with Crippen LogP contribution in [0.15, 0.2) is 58.4 Å². The van der Waals surface area contributed by atoms with E-state index in [0.29, 0.717) is 35.6 Å². The number of Topliss-reactive ketones (excluding diaryl/α,β-unsaturated/α-hetero) is 1. The fraction of sp³-hybridized carbons (Fsp3) is 0.250. The van der Waals surface area contributed by atoms with Crippen molar-refractivity contribution < 1.29 is 18.7 Å². The van der Waals surface area contributed by atoms with Gasteiger partial charge in [-0.15, -0.1) is 11.8 Å². The molecule has 0 radical (unpaired) electrons. The lowest BCUT2D eigenvalue weighted by Crippen LogP contribution is -2.51. The van der Waals surface area contributed by atoms with Crippen LogP contribution in [0, 0.1) is 17.0 Å². The van der Waals surface area contributed by atoms with Crippen molar-refractivity contribution in [2.75, 3.05) is 11.6 Å². The lowest BCUT2D eigenvalue weighted by molar-refractivity contribution is 0.0856. The maximum atomic E-state index is 14.9. The van der Waals surface area contributed by atoms with E-state index in [0.717, 1.165) is 11.1 Å². The zero-order valence-electron chi connectivity index (χ0n) is 16.8. The molecule has 1 atom stereocenters. The molecule has 6 rings (SSSR count). The second-order valence-electron chi connectivity index (χ2n) is 8.62. The Morgan fingerprint density at radius 2 is 1.88 bits per heavy atom. The van der Waals surface area contributed by atoms with Gasteiger partial charge in [-0.05, 0) is 47.7 Å². The number of pyridine rings is 1. The molecule has 3 aliphatic rings. The van der Waals surface area contributed by atoms with Crippen molar-refractivity contribution in [2.45, 2.75) is 29.5 Å². The van der Waals surface area contributed by atoms with Crippen molar-refractivity contribution in [1.82, 2.24) is 4.68 Å². The number of hydrogen-bond acceptors (Lipinski definition) is 5. The minimum Gasteiger partial charge on any atom is -0.503 e. The fourth-order valence-corrected chi connectivity index (χ4v) is 6.00. The van der Waals surface area contributed by atoms with Crippen LogP contribution in [0.25, 0.3) is 0 Å². The Balaban J connectivity index is 1.65. The summed E-state index contributed by atoms with van der Waals surface area (Å²) in [6.07, 6.45) is 2.78. The minimum absolute atomic E-state index is 0.0419. The van der Waals surface area contributed by atoms with Crippen molar-refractivity contribution in [3.8, 4) is 5.75 Å². The highest BCUT2D eigenvalue weighted by Gasteiger charge is 2.56. The molecular weight excluding hydrogens is 434 g/mol. The summed E-state index contributed by atoms with van der Waals surface area (Å²) in [6, 6.07) is 10.1. The number of nitrogens with zero attached hydrogens (tertiary/aromatic N) is 2. The molecule has 0 bridgehead atoms. The number of carbonyl (C=O) groups excluding carboxylic acids is 1. The number of ketones is 1. The average molecular weight is 452 g/mol. The molecular formula is C24H18F2N2O3S. The van der Waals surface area contributed by atoms with Crippen LogP contribution in [-0.4, -0.2) is 22.1 Å². The molecule has 162 valence electrons. The summed E-state index contributed by atoms with van der Waals surface area (Å²) in [5.74, 6) is -1.15. The van der Waals surface area contributed by atoms with Gasteiger partial charge in [-0.1, -0.05) is 18.2 Å². The number of fused-ring (bicyclic) bond motifs is 3. The van der Waals surface area contributed by atoms with E-state index in [2.05, 4.69) is 0 Å². The standard InChI is InChI=1S/C24H18F2N2O3S/c25-14-4-5-15-13(10-14)11-32-22-16(2-1-3-17(22)26)19(15)28-12-24(7-8-24)23(31)20-21(30)18(29)6-9-27(20)28/h1-6,9-10,19,30H,7-8,11-12H2. The highest BCUT2D eigenvalue weighted by atomic mass is 32.2. The summed E-state index contributed by atoms with van der Waals surface area (Å²) in [4.78, 5) is 25.8. The van der Waals surface area contributed by atoms with Crippen LogP contribution >= 0.6 is 11.8 Å². The van der Waals surface area contributed by atoms with Gasteiger partial charge in [-0.25, -0.2) is 8.78 Å². The van der Waals surface area contributed by atoms with E-state index in [4.69, 9.17) is 0 Å². The number of rotatable bonds is 1. The topological polar surface area (TPSA) is 62.5 Å². The molecule has 1 aromatic heterocycles. The van der Waals surface area contributed by atoms with Gasteiger partial charge in [0.1, 0.15) is 11.6 Å². The Morgan fingerprint density at radius 3 is 2.66 bits per heavy atom. The molecule has 2 aliphatic heterocycles. The molecule has 1 unspecified atom stereocenters. The lowest BCUT2D eigenvalue weighted by Gasteiger charge is -2.43. The number of aromatic hydroxyl groups is 1. The minimum atomic E-state index is -0.682. The van der Waals surface area contributed by atoms with E-state index in [1.54, 1.807) is 12.1 Å². The molecule has 1 spiro atoms. The molecule has 1 N–H and O–H groups in total. The first kappa shape index (κ1) is 19.5. The Morgan fingerprint density at radius 1 is 1.06 bits per heavy atom. The third-order valence-electron chi connectivity index (χ3n) is 6.71. The fourth-order valence-electron chi connectivity index (χ4n) is 4.90. The molecule has 3 aromatic rings. The summed E-state index contributed by atoms with van der Waals surface area (Å²) >= 11 is 1.31. The SMILES string of the molecule is O=C1c2c(O)c(=O)ccn2N(C2c3ccc(F)cc3CSc3c(F)cccc32)CC12CC2. The summed E-state index contributed by atoms with van der Waals surface area (Å²) < 4.78 is 30.5. The number of carbonyl (C=O) groups is 1. The molecule has 0 amide bonds. The molecule has 1 aliphatic carbocycles. The Hall–Kier alpha value is -3.13. The molecule has 8 heteroatoms. The highest BCUT2D eigenvalue weighted by Crippen LogP contribution is 2.54. The van der Waals surface area contributed by atoms with Crippen molar-refractivity contribution in [1.29, 1.82) is 0 Å². The van der Waals surface area contributed by atoms with Gasteiger partial charge in [0, 0.05) is 29.5 Å². The summed E-state index contributed by atoms with van der Waals surface area (Å²) in [6.45, 7) is 0.350. The predicted octanol–water partition coefficient (Wildman–Crippen LogP) is 4.14. The predicted molar refractivity (Wildman–Crippen MR) is 116 cm³/mol. The molecule has 32 heavy (non-hydrogen) atoms. The molecule has 3 heterocycles. The number of thioether (sulfide) groups is 1. The highest BCUT2D eigenvalue weighted by molar-refractivity contribution is 7.98. The first-order valence-electron chi connectivity index (χ1n) is 10.4. The van der Waals surface area contributed by atoms with Crippen molar-refractivity contribution in [3.63, 3.8) is 0 Å². The Kier molecular flexibility index (Phi) is 4.08. The van der Waals surface area contributed by atoms with Crippen LogP contribution in [0.3, 0.4) is 0 Å². The van der Waals surface area contributed by atoms with Crippen LogP contribution in [0.1, 0.15) is 46.1 Å². The maximum absolute atomic E-state index is 14.9. The van der Waals surface area contributed by atoms with Gasteiger partial charge in [0.2, 0.25) is 5.43 Å². The quantitative estimate of drug-likeness (QED) is 0.601. The maximum Gasteiger partial charge on any atom is 0.224 e. The zero-order valence-corrected chi connectivity index (χ0v) is 17.7. The van der Waals surface area contributed by atoms with E-state index >= 15 is 0 Å². The average Bonchev–Trinajstić information content (AvgIpc) is 3.56. The molecule has 0 saturated heterocycles. The monoisotopic (exact) mass is 452 g/mol. The first-order valence-corrected chi connectivity index (χ1v) is 11.3. The Labute approximate surface area is 186 Å². The van der Waals surface area contributed by atoms with Crippen LogP contribution in [0.5, 0.6) is 5.75 Å². The molecule has 5 nitrogen and oxygen atoms in total. The normalized spacial score (nSPS) is 20.4. The summed E-state index contributed by atoms with van der Waals surface area (Å²) in [7, 11) is 0. The largest absolute Gasteiger partial charge is 0.503 e. The van der Waals surface area contributed by atoms with Crippen LogP contribution in [0.4, 0.5) is 8.78 Å². The summed E-state index contributed by atoms with van der Waals surface area (Å²) in [5.41, 5.74) is 0.905. The third kappa shape index (κ3) is 2.68. The first-order chi connectivity index (χ1) is 15.4. The molecule has 1 saturated carbocycles. The van der Waals surface area contributed by atoms with Gasteiger partial charge in [0.15, 0.2) is 17.2 Å². The van der Waals surface area contributed by atoms with Gasteiger partial charge < -0.3 is 5.11 Å². The van der Waals surface area contributed by atoms with Crippen molar-refractivity contribution >= 4 is 17.5 Å².